The zero-order chi connectivity index (χ0) is 29.4. The highest BCUT2D eigenvalue weighted by Gasteiger charge is 2.16. The van der Waals surface area contributed by atoms with Gasteiger partial charge in [-0.15, -0.1) is 0 Å². The van der Waals surface area contributed by atoms with E-state index in [-0.39, 0.29) is 25.2 Å². The highest BCUT2D eigenvalue weighted by atomic mass is 16.6. The van der Waals surface area contributed by atoms with Crippen LogP contribution in [0.4, 0.5) is 0 Å². The third kappa shape index (κ3) is 28.6. The van der Waals surface area contributed by atoms with E-state index in [0.29, 0.717) is 12.8 Å². The lowest BCUT2D eigenvalue weighted by Crippen LogP contribution is -2.28. The zero-order valence-corrected chi connectivity index (χ0v) is 25.6. The molecule has 0 saturated carbocycles. The number of carbonyl (C=O) groups excluding carboxylic acids is 2. The van der Waals surface area contributed by atoms with Crippen molar-refractivity contribution < 1.29 is 24.2 Å². The number of aliphatic hydroxyl groups excluding tert-OH is 1. The number of aliphatic hydroxyl groups is 1. The average molecular weight is 559 g/mol. The van der Waals surface area contributed by atoms with Crippen molar-refractivity contribution in [3.8, 4) is 0 Å². The molecule has 0 bridgehead atoms. The number of rotatable bonds is 27. The van der Waals surface area contributed by atoms with Gasteiger partial charge >= 0.3 is 11.9 Å². The number of hydrogen-bond acceptors (Lipinski definition) is 5. The second-order valence-electron chi connectivity index (χ2n) is 10.2. The predicted molar refractivity (Wildman–Crippen MR) is 168 cm³/mol. The van der Waals surface area contributed by atoms with Crippen molar-refractivity contribution in [3.05, 3.63) is 60.8 Å². The SMILES string of the molecule is CC/C=C/C/C=C/C/C=C/C/C=C/C/C=C/CCCCCC(=O)O[C@@H](CO)COC(=O)CCCCCCCCC. The van der Waals surface area contributed by atoms with Crippen LogP contribution in [-0.2, 0) is 19.1 Å². The molecule has 0 heterocycles. The fourth-order valence-corrected chi connectivity index (χ4v) is 3.93. The van der Waals surface area contributed by atoms with E-state index in [1.165, 1.54) is 25.7 Å². The third-order valence-electron chi connectivity index (χ3n) is 6.33. The van der Waals surface area contributed by atoms with Gasteiger partial charge in [-0.2, -0.15) is 0 Å². The van der Waals surface area contributed by atoms with Gasteiger partial charge in [0.1, 0.15) is 6.61 Å². The minimum Gasteiger partial charge on any atom is -0.462 e. The van der Waals surface area contributed by atoms with Crippen molar-refractivity contribution >= 4 is 11.9 Å². The summed E-state index contributed by atoms with van der Waals surface area (Å²) in [6.45, 7) is 3.92. The summed E-state index contributed by atoms with van der Waals surface area (Å²) in [5, 5.41) is 9.45. The summed E-state index contributed by atoms with van der Waals surface area (Å²) in [6, 6.07) is 0. The van der Waals surface area contributed by atoms with Gasteiger partial charge in [-0.3, -0.25) is 9.59 Å². The summed E-state index contributed by atoms with van der Waals surface area (Å²) in [5.41, 5.74) is 0. The van der Waals surface area contributed by atoms with Crippen molar-refractivity contribution in [1.29, 1.82) is 0 Å². The minimum atomic E-state index is -0.785. The van der Waals surface area contributed by atoms with Crippen LogP contribution in [0.2, 0.25) is 0 Å². The van der Waals surface area contributed by atoms with Crippen LogP contribution in [0.1, 0.15) is 129 Å². The lowest BCUT2D eigenvalue weighted by atomic mass is 10.1. The second-order valence-corrected chi connectivity index (χ2v) is 10.2. The van der Waals surface area contributed by atoms with Crippen molar-refractivity contribution in [2.45, 2.75) is 136 Å². The summed E-state index contributed by atoms with van der Waals surface area (Å²) in [7, 11) is 0. The molecule has 5 nitrogen and oxygen atoms in total. The summed E-state index contributed by atoms with van der Waals surface area (Å²) < 4.78 is 10.5. The molecule has 0 aromatic rings. The summed E-state index contributed by atoms with van der Waals surface area (Å²) in [6.07, 6.45) is 38.5. The van der Waals surface area contributed by atoms with Crippen LogP contribution in [-0.4, -0.2) is 36.4 Å². The Morgan fingerprint density at radius 1 is 0.600 bits per heavy atom. The first-order valence-corrected chi connectivity index (χ1v) is 15.8. The molecule has 5 heteroatoms. The van der Waals surface area contributed by atoms with Gasteiger partial charge in [0.05, 0.1) is 6.61 Å². The van der Waals surface area contributed by atoms with Crippen LogP contribution in [0.25, 0.3) is 0 Å². The molecule has 0 radical (unpaired) electrons. The van der Waals surface area contributed by atoms with Gasteiger partial charge in [-0.05, 0) is 57.8 Å². The molecule has 0 saturated heterocycles. The van der Waals surface area contributed by atoms with E-state index in [9.17, 15) is 14.7 Å². The van der Waals surface area contributed by atoms with Gasteiger partial charge in [0, 0.05) is 12.8 Å². The summed E-state index contributed by atoms with van der Waals surface area (Å²) >= 11 is 0. The van der Waals surface area contributed by atoms with Crippen molar-refractivity contribution in [2.75, 3.05) is 13.2 Å². The van der Waals surface area contributed by atoms with Gasteiger partial charge in [-0.1, -0.05) is 120 Å². The number of unbranched alkanes of at least 4 members (excludes halogenated alkanes) is 9. The minimum absolute atomic E-state index is 0.0817. The molecule has 1 atom stereocenters. The molecular weight excluding hydrogens is 500 g/mol. The first-order chi connectivity index (χ1) is 19.6. The Morgan fingerprint density at radius 2 is 1.07 bits per heavy atom. The molecule has 0 fully saturated rings. The number of esters is 2. The molecule has 0 aliphatic rings. The highest BCUT2D eigenvalue weighted by Crippen LogP contribution is 2.10. The standard InChI is InChI=1S/C35H58O5/c1-3-5-7-9-11-12-13-14-15-16-17-18-19-20-21-22-24-26-28-30-35(38)40-33(31-36)32-39-34(37)29-27-25-23-10-8-6-4-2/h5,7,11-12,14-15,17-18,20-21,33,36H,3-4,6,8-10,13,16,19,22-32H2,1-2H3/b7-5+,12-11+,15-14+,18-17+,21-20+/t33-/m0/s1. The average Bonchev–Trinajstić information content (AvgIpc) is 2.96. The number of carbonyl (C=O) groups is 2. The fourth-order valence-electron chi connectivity index (χ4n) is 3.93. The second kappa shape index (κ2) is 31.1. The Kier molecular flexibility index (Phi) is 29.3. The van der Waals surface area contributed by atoms with E-state index in [2.05, 4.69) is 74.6 Å². The lowest BCUT2D eigenvalue weighted by molar-refractivity contribution is -0.161. The van der Waals surface area contributed by atoms with Crippen LogP contribution in [0.5, 0.6) is 0 Å². The van der Waals surface area contributed by atoms with E-state index in [4.69, 9.17) is 9.47 Å². The van der Waals surface area contributed by atoms with Gasteiger partial charge in [0.25, 0.3) is 0 Å². The predicted octanol–water partition coefficient (Wildman–Crippen LogP) is 9.28. The summed E-state index contributed by atoms with van der Waals surface area (Å²) in [5.74, 6) is -0.643. The molecule has 0 aliphatic heterocycles. The van der Waals surface area contributed by atoms with Gasteiger partial charge in [-0.25, -0.2) is 0 Å². The molecule has 0 amide bonds. The topological polar surface area (TPSA) is 72.8 Å². The largest absolute Gasteiger partial charge is 0.462 e. The van der Waals surface area contributed by atoms with Crippen molar-refractivity contribution in [1.82, 2.24) is 0 Å². The van der Waals surface area contributed by atoms with E-state index in [0.717, 1.165) is 77.0 Å². The van der Waals surface area contributed by atoms with Crippen LogP contribution >= 0.6 is 0 Å². The summed E-state index contributed by atoms with van der Waals surface area (Å²) in [4.78, 5) is 23.9. The molecule has 0 spiro atoms. The van der Waals surface area contributed by atoms with Gasteiger partial charge in [0.15, 0.2) is 6.10 Å². The Hall–Kier alpha value is -2.40. The quantitative estimate of drug-likeness (QED) is 0.0618. The molecule has 0 aliphatic carbocycles. The molecular formula is C35H58O5. The lowest BCUT2D eigenvalue weighted by Gasteiger charge is -2.15. The number of allylic oxidation sites excluding steroid dienone is 10. The van der Waals surface area contributed by atoms with Crippen LogP contribution in [0, 0.1) is 0 Å². The monoisotopic (exact) mass is 558 g/mol. The van der Waals surface area contributed by atoms with E-state index in [1.54, 1.807) is 0 Å². The molecule has 0 rings (SSSR count). The first-order valence-electron chi connectivity index (χ1n) is 15.8. The van der Waals surface area contributed by atoms with E-state index in [1.807, 2.05) is 0 Å². The van der Waals surface area contributed by atoms with Crippen molar-refractivity contribution in [2.24, 2.45) is 0 Å². The zero-order valence-electron chi connectivity index (χ0n) is 25.6. The van der Waals surface area contributed by atoms with E-state index >= 15 is 0 Å². The van der Waals surface area contributed by atoms with Crippen LogP contribution in [0.15, 0.2) is 60.8 Å². The maximum Gasteiger partial charge on any atom is 0.306 e. The number of hydrogen-bond donors (Lipinski definition) is 1. The van der Waals surface area contributed by atoms with E-state index < -0.39 is 6.10 Å². The maximum atomic E-state index is 12.1. The molecule has 0 aromatic carbocycles. The fraction of sp³-hybridized carbons (Fsp3) is 0.657. The van der Waals surface area contributed by atoms with Crippen molar-refractivity contribution in [3.63, 3.8) is 0 Å². The highest BCUT2D eigenvalue weighted by molar-refractivity contribution is 5.70. The molecule has 1 N–H and O–H groups in total. The Balaban J connectivity index is 3.70. The maximum absolute atomic E-state index is 12.1. The van der Waals surface area contributed by atoms with Gasteiger partial charge < -0.3 is 14.6 Å². The third-order valence-corrected chi connectivity index (χ3v) is 6.33. The Morgan fingerprint density at radius 3 is 1.62 bits per heavy atom. The molecule has 0 aromatic heterocycles. The Bertz CT molecular complexity index is 732. The molecule has 40 heavy (non-hydrogen) atoms. The first kappa shape index (κ1) is 37.6. The van der Waals surface area contributed by atoms with Crippen LogP contribution in [0.3, 0.4) is 0 Å². The number of ether oxygens (including phenoxy) is 2. The smallest absolute Gasteiger partial charge is 0.306 e. The Labute approximate surface area is 245 Å². The molecule has 0 unspecified atom stereocenters. The van der Waals surface area contributed by atoms with Crippen LogP contribution < -0.4 is 0 Å². The van der Waals surface area contributed by atoms with Gasteiger partial charge in [0.2, 0.25) is 0 Å². The molecule has 228 valence electrons. The normalized spacial score (nSPS) is 13.0.